The van der Waals surface area contributed by atoms with Crippen LogP contribution in [0.25, 0.3) is 16.6 Å². The van der Waals surface area contributed by atoms with E-state index in [-0.39, 0.29) is 16.7 Å². The molecule has 4 rings (SSSR count). The fourth-order valence-corrected chi connectivity index (χ4v) is 3.31. The highest BCUT2D eigenvalue weighted by molar-refractivity contribution is 6.03. The van der Waals surface area contributed by atoms with Crippen LogP contribution >= 0.6 is 0 Å². The molecule has 1 N–H and O–H groups in total. The van der Waals surface area contributed by atoms with E-state index in [1.165, 1.54) is 16.8 Å². The number of rotatable bonds is 5. The van der Waals surface area contributed by atoms with Crippen LogP contribution in [0.4, 0.5) is 13.2 Å². The molecule has 0 aliphatic rings. The molecule has 0 aliphatic carbocycles. The van der Waals surface area contributed by atoms with Gasteiger partial charge in [0.05, 0.1) is 12.2 Å². The van der Waals surface area contributed by atoms with Gasteiger partial charge < -0.3 is 14.5 Å². The zero-order valence-electron chi connectivity index (χ0n) is 17.8. The topological polar surface area (TPSA) is 98.7 Å². The molecule has 1 unspecified atom stereocenters. The quantitative estimate of drug-likeness (QED) is 0.444. The summed E-state index contributed by atoms with van der Waals surface area (Å²) >= 11 is 0. The maximum atomic E-state index is 12.8. The highest BCUT2D eigenvalue weighted by Gasteiger charge is 2.39. The maximum Gasteiger partial charge on any atom is 0.425 e. The molecule has 8 nitrogen and oxygen atoms in total. The van der Waals surface area contributed by atoms with E-state index in [9.17, 15) is 22.8 Å². The number of aromatic nitrogens is 3. The van der Waals surface area contributed by atoms with E-state index >= 15 is 0 Å². The van der Waals surface area contributed by atoms with Crippen molar-refractivity contribution in [2.24, 2.45) is 0 Å². The van der Waals surface area contributed by atoms with E-state index in [4.69, 9.17) is 4.42 Å². The average molecular weight is 460 g/mol. The van der Waals surface area contributed by atoms with Gasteiger partial charge in [0, 0.05) is 17.8 Å². The predicted octanol–water partition coefficient (Wildman–Crippen LogP) is 4.38. The second kappa shape index (κ2) is 8.23. The molecule has 0 spiro atoms. The zero-order valence-corrected chi connectivity index (χ0v) is 17.8. The van der Waals surface area contributed by atoms with Crippen molar-refractivity contribution in [2.45, 2.75) is 39.1 Å². The molecule has 0 radical (unpaired) electrons. The number of hydrogen-bond donors (Lipinski definition) is 1. The summed E-state index contributed by atoms with van der Waals surface area (Å²) in [5, 5.41) is 7.35. The van der Waals surface area contributed by atoms with Crippen molar-refractivity contribution >= 4 is 28.5 Å². The number of halogens is 3. The van der Waals surface area contributed by atoms with Gasteiger partial charge in [-0.15, -0.1) is 0 Å². The standard InChI is InChI=1S/C22H19F3N4O4/c1-11-7-14-9-17(33-18(14)15(8-11)21(31)32-13(3)22(23,24)25)12(2)28-20(30)16-10-27-29-6-4-5-26-19(16)29/h4-10,12-13H,1-3H3,(H,28,30)/t12?,13-/m0/s1. The molecule has 1 aromatic carbocycles. The fourth-order valence-electron chi connectivity index (χ4n) is 3.31. The Hall–Kier alpha value is -3.89. The Bertz CT molecular complexity index is 1360. The van der Waals surface area contributed by atoms with Crippen molar-refractivity contribution in [3.8, 4) is 0 Å². The monoisotopic (exact) mass is 460 g/mol. The summed E-state index contributed by atoms with van der Waals surface area (Å²) in [4.78, 5) is 29.3. The SMILES string of the molecule is Cc1cc(C(=O)O[C@@H](C)C(F)(F)F)c2oc(C(C)NC(=O)c3cnn4cccnc34)cc2c1. The minimum Gasteiger partial charge on any atom is -0.458 e. The van der Waals surface area contributed by atoms with Crippen molar-refractivity contribution < 1.29 is 31.9 Å². The highest BCUT2D eigenvalue weighted by atomic mass is 19.4. The van der Waals surface area contributed by atoms with Gasteiger partial charge in [-0.05, 0) is 50.6 Å². The van der Waals surface area contributed by atoms with Gasteiger partial charge in [-0.25, -0.2) is 14.3 Å². The minimum atomic E-state index is -4.68. The first kappa shape index (κ1) is 22.3. The Morgan fingerprint density at radius 2 is 1.94 bits per heavy atom. The number of carbonyl (C=O) groups is 2. The molecule has 0 saturated carbocycles. The second-order valence-electron chi connectivity index (χ2n) is 7.61. The molecule has 0 fully saturated rings. The van der Waals surface area contributed by atoms with Crippen LogP contribution in [0, 0.1) is 6.92 Å². The summed E-state index contributed by atoms with van der Waals surface area (Å²) in [7, 11) is 0. The predicted molar refractivity (Wildman–Crippen MR) is 111 cm³/mol. The van der Waals surface area contributed by atoms with Crippen LogP contribution < -0.4 is 5.32 Å². The number of nitrogens with one attached hydrogen (secondary N) is 1. The molecular formula is C22H19F3N4O4. The van der Waals surface area contributed by atoms with Crippen LogP contribution in [0.15, 0.2) is 47.3 Å². The third-order valence-corrected chi connectivity index (χ3v) is 5.04. The Balaban J connectivity index is 1.60. The number of fused-ring (bicyclic) bond motifs is 2. The smallest absolute Gasteiger partial charge is 0.425 e. The number of carbonyl (C=O) groups excluding carboxylic acids is 2. The molecule has 0 bridgehead atoms. The second-order valence-corrected chi connectivity index (χ2v) is 7.61. The molecule has 33 heavy (non-hydrogen) atoms. The third kappa shape index (κ3) is 4.38. The van der Waals surface area contributed by atoms with Gasteiger partial charge in [-0.3, -0.25) is 4.79 Å². The lowest BCUT2D eigenvalue weighted by Gasteiger charge is -2.16. The molecule has 1 amide bonds. The van der Waals surface area contributed by atoms with Gasteiger partial charge in [0.1, 0.15) is 22.5 Å². The van der Waals surface area contributed by atoms with Gasteiger partial charge in [0.15, 0.2) is 11.8 Å². The van der Waals surface area contributed by atoms with Gasteiger partial charge in [-0.1, -0.05) is 0 Å². The molecule has 3 aromatic heterocycles. The molecular weight excluding hydrogens is 441 g/mol. The Morgan fingerprint density at radius 1 is 1.18 bits per heavy atom. The van der Waals surface area contributed by atoms with Crippen molar-refractivity contribution in [3.05, 3.63) is 65.3 Å². The van der Waals surface area contributed by atoms with Crippen LogP contribution in [0.3, 0.4) is 0 Å². The summed E-state index contributed by atoms with van der Waals surface area (Å²) < 4.78 is 50.3. The molecule has 4 aromatic rings. The third-order valence-electron chi connectivity index (χ3n) is 5.04. The van der Waals surface area contributed by atoms with Crippen molar-refractivity contribution in [3.63, 3.8) is 0 Å². The van der Waals surface area contributed by atoms with Gasteiger partial charge in [0.25, 0.3) is 5.91 Å². The largest absolute Gasteiger partial charge is 0.458 e. The summed E-state index contributed by atoms with van der Waals surface area (Å²) in [5.41, 5.74) is 1.23. The number of hydrogen-bond acceptors (Lipinski definition) is 6. The number of esters is 1. The lowest BCUT2D eigenvalue weighted by Crippen LogP contribution is -2.31. The van der Waals surface area contributed by atoms with Gasteiger partial charge in [0.2, 0.25) is 0 Å². The lowest BCUT2D eigenvalue weighted by atomic mass is 10.1. The summed E-state index contributed by atoms with van der Waals surface area (Å²) in [5.74, 6) is -1.28. The van der Waals surface area contributed by atoms with Crippen molar-refractivity contribution in [2.75, 3.05) is 0 Å². The minimum absolute atomic E-state index is 0.0775. The summed E-state index contributed by atoms with van der Waals surface area (Å²) in [6, 6.07) is 5.79. The van der Waals surface area contributed by atoms with E-state index in [0.29, 0.717) is 22.4 Å². The van der Waals surface area contributed by atoms with Crippen molar-refractivity contribution in [1.82, 2.24) is 19.9 Å². The fraction of sp³-hybridized carbons (Fsp3) is 0.273. The Labute approximate surface area is 185 Å². The molecule has 3 heterocycles. The van der Waals surface area contributed by atoms with Crippen LogP contribution in [0.1, 0.15) is 51.9 Å². The van der Waals surface area contributed by atoms with E-state index in [0.717, 1.165) is 6.92 Å². The van der Waals surface area contributed by atoms with Gasteiger partial charge in [-0.2, -0.15) is 18.3 Å². The van der Waals surface area contributed by atoms with E-state index < -0.39 is 30.2 Å². The van der Waals surface area contributed by atoms with E-state index in [2.05, 4.69) is 20.1 Å². The Morgan fingerprint density at radius 3 is 2.67 bits per heavy atom. The van der Waals surface area contributed by atoms with Crippen molar-refractivity contribution in [1.29, 1.82) is 0 Å². The zero-order chi connectivity index (χ0) is 23.9. The van der Waals surface area contributed by atoms with Gasteiger partial charge >= 0.3 is 12.1 Å². The van der Waals surface area contributed by atoms with E-state index in [1.54, 1.807) is 44.4 Å². The molecule has 2 atom stereocenters. The number of aryl methyl sites for hydroxylation is 1. The molecule has 0 aliphatic heterocycles. The van der Waals surface area contributed by atoms with Crippen LogP contribution in [-0.2, 0) is 4.74 Å². The molecule has 172 valence electrons. The summed E-state index contributed by atoms with van der Waals surface area (Å²) in [6.45, 7) is 4.12. The maximum absolute atomic E-state index is 12.8. The summed E-state index contributed by atoms with van der Waals surface area (Å²) in [6.07, 6.45) is -2.36. The first-order chi connectivity index (χ1) is 15.5. The molecule has 0 saturated heterocycles. The van der Waals surface area contributed by atoms with Crippen LogP contribution in [0.5, 0.6) is 0 Å². The normalized spacial score (nSPS) is 13.8. The number of ether oxygens (including phenoxy) is 1. The first-order valence-corrected chi connectivity index (χ1v) is 9.95. The molecule has 11 heteroatoms. The van der Waals surface area contributed by atoms with Crippen LogP contribution in [0.2, 0.25) is 0 Å². The number of benzene rings is 1. The number of amides is 1. The lowest BCUT2D eigenvalue weighted by molar-refractivity contribution is -0.198. The average Bonchev–Trinajstić information content (AvgIpc) is 3.36. The number of alkyl halides is 3. The first-order valence-electron chi connectivity index (χ1n) is 9.95. The highest BCUT2D eigenvalue weighted by Crippen LogP contribution is 2.30. The number of nitrogens with zero attached hydrogens (tertiary/aromatic N) is 3. The Kier molecular flexibility index (Phi) is 5.56. The van der Waals surface area contributed by atoms with E-state index in [1.807, 2.05) is 0 Å². The number of furan rings is 1. The van der Waals surface area contributed by atoms with Crippen LogP contribution in [-0.4, -0.2) is 38.8 Å².